The van der Waals surface area contributed by atoms with Gasteiger partial charge in [-0.15, -0.1) is 0 Å². The Morgan fingerprint density at radius 1 is 1.36 bits per heavy atom. The zero-order valence-corrected chi connectivity index (χ0v) is 9.24. The Hall–Kier alpha value is -1.25. The van der Waals surface area contributed by atoms with Crippen LogP contribution in [0.25, 0.3) is 0 Å². The van der Waals surface area contributed by atoms with Gasteiger partial charge in [-0.05, 0) is 33.8 Å². The van der Waals surface area contributed by atoms with Crippen LogP contribution in [0, 0.1) is 0 Å². The van der Waals surface area contributed by atoms with Crippen molar-refractivity contribution < 1.29 is 14.3 Å². The maximum Gasteiger partial charge on any atom is 0.373 e. The molecule has 0 rings (SSSR count). The molecule has 14 heavy (non-hydrogen) atoms. The Morgan fingerprint density at radius 3 is 2.43 bits per heavy atom. The van der Waals surface area contributed by atoms with Crippen LogP contribution in [0.5, 0.6) is 0 Å². The SMILES string of the molecule is C/C=C/CO/C(=C/C)C(=O)OC(C)C. The zero-order chi connectivity index (χ0) is 11.0. The second-order valence-electron chi connectivity index (χ2n) is 2.99. The Kier molecular flexibility index (Phi) is 6.54. The summed E-state index contributed by atoms with van der Waals surface area (Å²) < 4.78 is 10.2. The van der Waals surface area contributed by atoms with Gasteiger partial charge in [-0.1, -0.05) is 12.2 Å². The lowest BCUT2D eigenvalue weighted by Crippen LogP contribution is -2.15. The fourth-order valence-electron chi connectivity index (χ4n) is 0.766. The molecule has 0 heterocycles. The molecule has 0 saturated carbocycles. The predicted octanol–water partition coefficient (Wildman–Crippen LogP) is 2.43. The van der Waals surface area contributed by atoms with E-state index in [1.807, 2.05) is 19.1 Å². The highest BCUT2D eigenvalue weighted by molar-refractivity contribution is 5.86. The van der Waals surface area contributed by atoms with E-state index in [9.17, 15) is 4.79 Å². The molecule has 3 heteroatoms. The molecule has 0 amide bonds. The summed E-state index contributed by atoms with van der Waals surface area (Å²) in [7, 11) is 0. The molecule has 0 saturated heterocycles. The summed E-state index contributed by atoms with van der Waals surface area (Å²) in [4.78, 5) is 11.3. The Balaban J connectivity index is 4.08. The normalized spacial score (nSPS) is 12.2. The molecular weight excluding hydrogens is 180 g/mol. The molecule has 0 radical (unpaired) electrons. The van der Waals surface area contributed by atoms with E-state index in [1.165, 1.54) is 0 Å². The number of esters is 1. The molecule has 0 atom stereocenters. The highest BCUT2D eigenvalue weighted by atomic mass is 16.6. The number of carbonyl (C=O) groups excluding carboxylic acids is 1. The molecule has 0 aliphatic carbocycles. The molecule has 3 nitrogen and oxygen atoms in total. The molecule has 0 aromatic rings. The summed E-state index contributed by atoms with van der Waals surface area (Å²) in [6.07, 6.45) is 5.17. The fraction of sp³-hybridized carbons (Fsp3) is 0.545. The number of hydrogen-bond acceptors (Lipinski definition) is 3. The average molecular weight is 198 g/mol. The molecule has 0 bridgehead atoms. The summed E-state index contributed by atoms with van der Waals surface area (Å²) in [5.74, 6) is -0.149. The first-order chi connectivity index (χ1) is 6.61. The summed E-state index contributed by atoms with van der Waals surface area (Å²) >= 11 is 0. The third kappa shape index (κ3) is 5.41. The zero-order valence-electron chi connectivity index (χ0n) is 9.24. The number of allylic oxidation sites excluding steroid dienone is 2. The molecule has 0 spiro atoms. The molecule has 0 unspecified atom stereocenters. The number of carbonyl (C=O) groups is 1. The minimum Gasteiger partial charge on any atom is -0.483 e. The summed E-state index contributed by atoms with van der Waals surface area (Å²) in [5, 5.41) is 0. The topological polar surface area (TPSA) is 35.5 Å². The van der Waals surface area contributed by atoms with E-state index < -0.39 is 5.97 Å². The maximum absolute atomic E-state index is 11.3. The molecule has 0 aliphatic rings. The van der Waals surface area contributed by atoms with Gasteiger partial charge in [0.15, 0.2) is 0 Å². The van der Waals surface area contributed by atoms with E-state index in [0.29, 0.717) is 6.61 Å². The van der Waals surface area contributed by atoms with Crippen molar-refractivity contribution in [1.82, 2.24) is 0 Å². The van der Waals surface area contributed by atoms with Crippen LogP contribution >= 0.6 is 0 Å². The number of hydrogen-bond donors (Lipinski definition) is 0. The van der Waals surface area contributed by atoms with Crippen LogP contribution in [0.15, 0.2) is 24.0 Å². The van der Waals surface area contributed by atoms with Gasteiger partial charge in [0.2, 0.25) is 5.76 Å². The van der Waals surface area contributed by atoms with Gasteiger partial charge in [0, 0.05) is 0 Å². The lowest BCUT2D eigenvalue weighted by molar-refractivity contribution is -0.146. The summed E-state index contributed by atoms with van der Waals surface area (Å²) in [6, 6.07) is 0. The first-order valence-electron chi connectivity index (χ1n) is 4.73. The summed E-state index contributed by atoms with van der Waals surface area (Å²) in [6.45, 7) is 7.63. The van der Waals surface area contributed by atoms with E-state index in [-0.39, 0.29) is 11.9 Å². The molecule has 0 aromatic heterocycles. The van der Waals surface area contributed by atoms with Crippen LogP contribution in [0.1, 0.15) is 27.7 Å². The van der Waals surface area contributed by atoms with Crippen LogP contribution in [0.3, 0.4) is 0 Å². The molecule has 0 N–H and O–H groups in total. The van der Waals surface area contributed by atoms with E-state index in [2.05, 4.69) is 0 Å². The molecular formula is C11H18O3. The third-order valence-corrected chi connectivity index (χ3v) is 1.38. The monoisotopic (exact) mass is 198 g/mol. The average Bonchev–Trinajstić information content (AvgIpc) is 2.11. The first kappa shape index (κ1) is 12.8. The first-order valence-corrected chi connectivity index (χ1v) is 4.73. The Labute approximate surface area is 85.4 Å². The smallest absolute Gasteiger partial charge is 0.373 e. The standard InChI is InChI=1S/C11H18O3/c1-5-7-8-13-10(6-2)11(12)14-9(3)4/h5-7,9H,8H2,1-4H3/b7-5+,10-6+. The van der Waals surface area contributed by atoms with Gasteiger partial charge in [0.05, 0.1) is 6.10 Å². The quantitative estimate of drug-likeness (QED) is 0.294. The second-order valence-corrected chi connectivity index (χ2v) is 2.99. The third-order valence-electron chi connectivity index (χ3n) is 1.38. The van der Waals surface area contributed by atoms with E-state index >= 15 is 0 Å². The summed E-state index contributed by atoms with van der Waals surface area (Å²) in [5.41, 5.74) is 0. The van der Waals surface area contributed by atoms with Crippen molar-refractivity contribution in [3.05, 3.63) is 24.0 Å². The number of rotatable bonds is 5. The van der Waals surface area contributed by atoms with Gasteiger partial charge < -0.3 is 9.47 Å². The lowest BCUT2D eigenvalue weighted by Gasteiger charge is -2.10. The van der Waals surface area contributed by atoms with Crippen molar-refractivity contribution in [3.8, 4) is 0 Å². The van der Waals surface area contributed by atoms with Gasteiger partial charge in [-0.2, -0.15) is 0 Å². The van der Waals surface area contributed by atoms with Gasteiger partial charge in [0.25, 0.3) is 0 Å². The number of ether oxygens (including phenoxy) is 2. The minimum absolute atomic E-state index is 0.122. The van der Waals surface area contributed by atoms with Crippen molar-refractivity contribution >= 4 is 5.97 Å². The Bertz CT molecular complexity index is 227. The van der Waals surface area contributed by atoms with E-state index in [4.69, 9.17) is 9.47 Å². The van der Waals surface area contributed by atoms with Crippen molar-refractivity contribution in [2.75, 3.05) is 6.61 Å². The van der Waals surface area contributed by atoms with Gasteiger partial charge >= 0.3 is 5.97 Å². The molecule has 80 valence electrons. The second kappa shape index (κ2) is 7.18. The largest absolute Gasteiger partial charge is 0.483 e. The molecule has 0 fully saturated rings. The van der Waals surface area contributed by atoms with Crippen LogP contribution in [0.2, 0.25) is 0 Å². The highest BCUT2D eigenvalue weighted by Crippen LogP contribution is 2.03. The van der Waals surface area contributed by atoms with Crippen LogP contribution < -0.4 is 0 Å². The van der Waals surface area contributed by atoms with E-state index in [1.54, 1.807) is 26.8 Å². The minimum atomic E-state index is -0.410. The molecule has 0 aliphatic heterocycles. The van der Waals surface area contributed by atoms with Gasteiger partial charge in [0.1, 0.15) is 6.61 Å². The van der Waals surface area contributed by atoms with Crippen molar-refractivity contribution in [1.29, 1.82) is 0 Å². The van der Waals surface area contributed by atoms with Gasteiger partial charge in [-0.25, -0.2) is 4.79 Å². The van der Waals surface area contributed by atoms with Crippen molar-refractivity contribution in [3.63, 3.8) is 0 Å². The van der Waals surface area contributed by atoms with Crippen LogP contribution in [-0.2, 0) is 14.3 Å². The predicted molar refractivity (Wildman–Crippen MR) is 55.8 cm³/mol. The van der Waals surface area contributed by atoms with Crippen molar-refractivity contribution in [2.24, 2.45) is 0 Å². The van der Waals surface area contributed by atoms with Crippen molar-refractivity contribution in [2.45, 2.75) is 33.8 Å². The molecule has 0 aromatic carbocycles. The van der Waals surface area contributed by atoms with Gasteiger partial charge in [-0.3, -0.25) is 0 Å². The van der Waals surface area contributed by atoms with Crippen LogP contribution in [-0.4, -0.2) is 18.7 Å². The Morgan fingerprint density at radius 2 is 2.00 bits per heavy atom. The highest BCUT2D eigenvalue weighted by Gasteiger charge is 2.12. The maximum atomic E-state index is 11.3. The van der Waals surface area contributed by atoms with E-state index in [0.717, 1.165) is 0 Å². The van der Waals surface area contributed by atoms with Crippen LogP contribution in [0.4, 0.5) is 0 Å². The fourth-order valence-corrected chi connectivity index (χ4v) is 0.766. The lowest BCUT2D eigenvalue weighted by atomic mass is 10.4.